The monoisotopic (exact) mass is 246 g/mol. The van der Waals surface area contributed by atoms with Crippen LogP contribution in [0.25, 0.3) is 0 Å². The van der Waals surface area contributed by atoms with Gasteiger partial charge >= 0.3 is 51.9 Å². The van der Waals surface area contributed by atoms with E-state index in [0.717, 1.165) is 0 Å². The van der Waals surface area contributed by atoms with Gasteiger partial charge in [0, 0.05) is 0 Å². The van der Waals surface area contributed by atoms with E-state index in [9.17, 15) is 0 Å². The summed E-state index contributed by atoms with van der Waals surface area (Å²) in [4.78, 5) is 0. The summed E-state index contributed by atoms with van der Waals surface area (Å²) >= 11 is 0. The summed E-state index contributed by atoms with van der Waals surface area (Å²) in [5.41, 5.74) is 0. The molecule has 0 aromatic heterocycles. The number of nitrogens with zero attached hydrogens (tertiary/aromatic N) is 1. The maximum atomic E-state index is 6.25. The van der Waals surface area contributed by atoms with Crippen molar-refractivity contribution in [1.82, 2.24) is 0 Å². The van der Waals surface area contributed by atoms with E-state index in [-0.39, 0.29) is 51.9 Å². The van der Waals surface area contributed by atoms with E-state index >= 15 is 0 Å². The van der Waals surface area contributed by atoms with Crippen LogP contribution in [0.3, 0.4) is 0 Å². The molecule has 0 heterocycles. The van der Waals surface area contributed by atoms with Gasteiger partial charge in [-0.2, -0.15) is 0 Å². The molecule has 0 saturated heterocycles. The average Bonchev–Trinajstić information content (AvgIpc) is 1.00. The Morgan fingerprint density at radius 3 is 1.25 bits per heavy atom. The Labute approximate surface area is 63.2 Å². The van der Waals surface area contributed by atoms with Gasteiger partial charge in [0.05, 0.1) is 0 Å². The van der Waals surface area contributed by atoms with Crippen LogP contribution in [-0.4, -0.2) is 0 Å². The van der Waals surface area contributed by atoms with Gasteiger partial charge in [0.25, 0.3) is 0 Å². The molecule has 0 N–H and O–H groups in total. The van der Waals surface area contributed by atoms with Gasteiger partial charge in [-0.05, 0) is 0 Å². The van der Waals surface area contributed by atoms with Gasteiger partial charge < -0.3 is 11.8 Å². The van der Waals surface area contributed by atoms with Crippen LogP contribution in [0.5, 0.6) is 0 Å². The first-order chi connectivity index (χ1) is 1.00. The van der Waals surface area contributed by atoms with Crippen molar-refractivity contribution in [1.29, 1.82) is 5.26 Å². The quantitative estimate of drug-likeness (QED) is 0.332. The van der Waals surface area contributed by atoms with Crippen molar-refractivity contribution in [3.05, 3.63) is 6.57 Å². The van der Waals surface area contributed by atoms with Gasteiger partial charge in [-0.15, -0.1) is 0 Å². The molecule has 0 bridgehead atoms. The molecule has 1 nitrogen and oxygen atoms in total. The van der Waals surface area contributed by atoms with Crippen LogP contribution in [0.2, 0.25) is 0 Å². The van der Waals surface area contributed by atoms with Crippen molar-refractivity contribution >= 4 is 0 Å². The van der Waals surface area contributed by atoms with Gasteiger partial charge in [0.2, 0.25) is 0 Å². The number of hydrogen-bond donors (Lipinski definition) is 0. The number of rotatable bonds is 0. The van der Waals surface area contributed by atoms with Crippen molar-refractivity contribution in [2.45, 2.75) is 0 Å². The van der Waals surface area contributed by atoms with Crippen LogP contribution >= 0.6 is 0 Å². The molecule has 0 fully saturated rings. The molecule has 0 aromatic carbocycles. The summed E-state index contributed by atoms with van der Waals surface area (Å²) < 4.78 is 0. The maximum absolute atomic E-state index is 6.25. The Morgan fingerprint density at radius 2 is 1.25 bits per heavy atom. The van der Waals surface area contributed by atoms with Gasteiger partial charge in [-0.3, -0.25) is 0 Å². The predicted molar refractivity (Wildman–Crippen MR) is 4.97 cm³/mol. The van der Waals surface area contributed by atoms with Gasteiger partial charge in [0.1, 0.15) is 0 Å². The van der Waals surface area contributed by atoms with Gasteiger partial charge in [0.15, 0.2) is 0 Å². The Morgan fingerprint density at radius 1 is 1.25 bits per heavy atom. The molecule has 0 aliphatic rings. The SMILES string of the molecule is [Au+].[C-]#N.[Na+]. The van der Waals surface area contributed by atoms with Crippen molar-refractivity contribution in [3.63, 3.8) is 0 Å². The minimum absolute atomic E-state index is 0. The molecule has 20 valence electrons. The normalized spacial score (nSPS) is 0.500. The standard InChI is InChI=1S/CN.Au.Na/c1-2;;/q-1;2*+1. The third kappa shape index (κ3) is 10.6. The third-order valence-electron chi connectivity index (χ3n) is 0. The minimum atomic E-state index is 0. The molecule has 0 spiro atoms. The molecule has 3 heteroatoms. The van der Waals surface area contributed by atoms with Gasteiger partial charge in [-0.1, -0.05) is 0 Å². The van der Waals surface area contributed by atoms with Crippen molar-refractivity contribution in [3.8, 4) is 0 Å². The zero-order valence-corrected chi connectivity index (χ0v) is 6.42. The predicted octanol–water partition coefficient (Wildman–Crippen LogP) is -2.90. The fourth-order valence-electron chi connectivity index (χ4n) is 0. The molecule has 0 unspecified atom stereocenters. The molecule has 0 atom stereocenters. The topological polar surface area (TPSA) is 23.8 Å². The van der Waals surface area contributed by atoms with E-state index in [1.165, 1.54) is 0 Å². The zero-order valence-electron chi connectivity index (χ0n) is 2.25. The molecular formula is CAuNNa+. The fourth-order valence-corrected chi connectivity index (χ4v) is 0. The summed E-state index contributed by atoms with van der Waals surface area (Å²) in [6.07, 6.45) is 0. The van der Waals surface area contributed by atoms with Gasteiger partial charge in [-0.25, -0.2) is 0 Å². The van der Waals surface area contributed by atoms with Crippen molar-refractivity contribution < 1.29 is 51.9 Å². The molecule has 0 aromatic rings. The molecule has 0 amide bonds. The second-order valence-corrected chi connectivity index (χ2v) is 0. The maximum Gasteiger partial charge on any atom is 1.00 e. The molecule has 0 radical (unpaired) electrons. The summed E-state index contributed by atoms with van der Waals surface area (Å²) in [5, 5.41) is 6.25. The summed E-state index contributed by atoms with van der Waals surface area (Å²) in [7, 11) is 0. The van der Waals surface area contributed by atoms with Crippen molar-refractivity contribution in [2.75, 3.05) is 0 Å². The third-order valence-corrected chi connectivity index (χ3v) is 0. The smallest absolute Gasteiger partial charge is 0.512 e. The van der Waals surface area contributed by atoms with Crippen LogP contribution in [0.4, 0.5) is 0 Å². The number of hydrogen-bond acceptors (Lipinski definition) is 1. The minimum Gasteiger partial charge on any atom is -0.512 e. The summed E-state index contributed by atoms with van der Waals surface area (Å²) in [6.45, 7) is 4.75. The van der Waals surface area contributed by atoms with E-state index in [0.29, 0.717) is 0 Å². The van der Waals surface area contributed by atoms with Crippen LogP contribution in [0, 0.1) is 11.8 Å². The molecule has 0 rings (SSSR count). The van der Waals surface area contributed by atoms with E-state index in [1.54, 1.807) is 0 Å². The first-order valence-electron chi connectivity index (χ1n) is 0.224. The zero-order chi connectivity index (χ0) is 2.00. The molecular weight excluding hydrogens is 246 g/mol. The molecule has 4 heavy (non-hydrogen) atoms. The second-order valence-electron chi connectivity index (χ2n) is 0. The Hall–Kier alpha value is 1.23. The van der Waals surface area contributed by atoms with E-state index in [4.69, 9.17) is 11.8 Å². The largest absolute Gasteiger partial charge is 1.00 e. The summed E-state index contributed by atoms with van der Waals surface area (Å²) in [5.74, 6) is 0. The van der Waals surface area contributed by atoms with Crippen molar-refractivity contribution in [2.24, 2.45) is 0 Å². The fraction of sp³-hybridized carbons (Fsp3) is 0. The van der Waals surface area contributed by atoms with Crippen LogP contribution in [0.15, 0.2) is 0 Å². The molecule has 0 aliphatic carbocycles. The summed E-state index contributed by atoms with van der Waals surface area (Å²) in [6, 6.07) is 0. The first kappa shape index (κ1) is 18.8. The second kappa shape index (κ2) is 29.2. The van der Waals surface area contributed by atoms with Crippen LogP contribution < -0.4 is 29.6 Å². The van der Waals surface area contributed by atoms with Crippen LogP contribution in [0.1, 0.15) is 0 Å². The van der Waals surface area contributed by atoms with E-state index < -0.39 is 0 Å². The first-order valence-corrected chi connectivity index (χ1v) is 0.224. The molecule has 0 saturated carbocycles. The van der Waals surface area contributed by atoms with Crippen LogP contribution in [-0.2, 0) is 22.4 Å². The average molecular weight is 246 g/mol. The Bertz CT molecular complexity index is 12.8. The Balaban J connectivity index is -0.00000000500. The van der Waals surface area contributed by atoms with E-state index in [2.05, 4.69) is 0 Å². The Kier molecular flexibility index (Phi) is 137. The molecule has 0 aliphatic heterocycles. The van der Waals surface area contributed by atoms with E-state index in [1.807, 2.05) is 0 Å².